The highest BCUT2D eigenvalue weighted by Gasteiger charge is 2.35. The van der Waals surface area contributed by atoms with E-state index < -0.39 is 6.23 Å². The van der Waals surface area contributed by atoms with Gasteiger partial charge in [0.25, 0.3) is 0 Å². The van der Waals surface area contributed by atoms with E-state index in [0.29, 0.717) is 23.2 Å². The highest BCUT2D eigenvalue weighted by atomic mass is 32.2. The van der Waals surface area contributed by atoms with Crippen molar-refractivity contribution in [3.05, 3.63) is 59.7 Å². The zero-order valence-electron chi connectivity index (χ0n) is 18.0. The first-order valence-electron chi connectivity index (χ1n) is 10.6. The second-order valence-electron chi connectivity index (χ2n) is 7.47. The van der Waals surface area contributed by atoms with E-state index in [4.69, 9.17) is 4.74 Å². The number of anilines is 1. The molecular formula is C24H26N4O2S. The van der Waals surface area contributed by atoms with Crippen molar-refractivity contribution in [3.8, 4) is 17.1 Å². The third-order valence-electron chi connectivity index (χ3n) is 5.17. The molecule has 0 N–H and O–H groups in total. The first-order chi connectivity index (χ1) is 15.1. The van der Waals surface area contributed by atoms with E-state index in [1.165, 1.54) is 0 Å². The van der Waals surface area contributed by atoms with Crippen LogP contribution in [0, 0.1) is 6.92 Å². The number of aryl methyl sites for hydroxylation is 1. The normalized spacial score (nSPS) is 14.9. The van der Waals surface area contributed by atoms with Gasteiger partial charge in [-0.05, 0) is 19.4 Å². The van der Waals surface area contributed by atoms with Gasteiger partial charge in [-0.3, -0.25) is 9.69 Å². The van der Waals surface area contributed by atoms with E-state index in [1.807, 2.05) is 62.4 Å². The molecule has 3 aromatic rings. The molecule has 0 bridgehead atoms. The maximum Gasteiger partial charge on any atom is 0.247 e. The lowest BCUT2D eigenvalue weighted by Gasteiger charge is -2.30. The molecule has 7 heteroatoms. The Labute approximate surface area is 187 Å². The standard InChI is InChI=1S/C24H26N4O2S/c1-4-6-15-31-24-25-22-21(26-27-24)18-9-7-8-10-19(18)28(20(29)5-2)23(30-22)17-13-11-16(3)12-14-17/h7-14,23H,4-6,15H2,1-3H3. The van der Waals surface area contributed by atoms with Gasteiger partial charge in [-0.1, -0.05) is 80.1 Å². The van der Waals surface area contributed by atoms with Crippen molar-refractivity contribution in [2.75, 3.05) is 10.7 Å². The van der Waals surface area contributed by atoms with Crippen LogP contribution in [0.3, 0.4) is 0 Å². The molecular weight excluding hydrogens is 408 g/mol. The van der Waals surface area contributed by atoms with Crippen LogP contribution >= 0.6 is 11.8 Å². The molecule has 0 fully saturated rings. The Morgan fingerprint density at radius 3 is 2.61 bits per heavy atom. The Morgan fingerprint density at radius 2 is 1.87 bits per heavy atom. The topological polar surface area (TPSA) is 68.2 Å². The summed E-state index contributed by atoms with van der Waals surface area (Å²) in [7, 11) is 0. The predicted octanol–water partition coefficient (Wildman–Crippen LogP) is 5.57. The fourth-order valence-corrected chi connectivity index (χ4v) is 4.33. The van der Waals surface area contributed by atoms with Crippen molar-refractivity contribution in [2.45, 2.75) is 51.4 Å². The van der Waals surface area contributed by atoms with Gasteiger partial charge in [0.15, 0.2) is 5.69 Å². The highest BCUT2D eigenvalue weighted by Crippen LogP contribution is 2.43. The molecule has 2 aromatic carbocycles. The molecule has 1 aliphatic rings. The number of fused-ring (bicyclic) bond motifs is 3. The summed E-state index contributed by atoms with van der Waals surface area (Å²) in [5, 5.41) is 9.37. The van der Waals surface area contributed by atoms with Gasteiger partial charge in [0.1, 0.15) is 0 Å². The van der Waals surface area contributed by atoms with Crippen LogP contribution in [-0.4, -0.2) is 26.8 Å². The lowest BCUT2D eigenvalue weighted by molar-refractivity contribution is -0.120. The minimum Gasteiger partial charge on any atom is -0.447 e. The summed E-state index contributed by atoms with van der Waals surface area (Å²) in [5.41, 5.74) is 4.12. The van der Waals surface area contributed by atoms with E-state index in [1.54, 1.807) is 16.7 Å². The minimum absolute atomic E-state index is 0.0312. The van der Waals surface area contributed by atoms with Gasteiger partial charge in [-0.2, -0.15) is 4.98 Å². The molecule has 0 saturated carbocycles. The molecule has 2 heterocycles. The first-order valence-corrected chi connectivity index (χ1v) is 11.6. The second-order valence-corrected chi connectivity index (χ2v) is 8.53. The molecule has 0 radical (unpaired) electrons. The molecule has 1 unspecified atom stereocenters. The van der Waals surface area contributed by atoms with Crippen LogP contribution in [-0.2, 0) is 4.79 Å². The van der Waals surface area contributed by atoms with Crippen molar-refractivity contribution >= 4 is 23.4 Å². The summed E-state index contributed by atoms with van der Waals surface area (Å²) >= 11 is 1.57. The number of para-hydroxylation sites is 1. The van der Waals surface area contributed by atoms with Gasteiger partial charge in [-0.15, -0.1) is 10.2 Å². The first kappa shape index (κ1) is 21.3. The van der Waals surface area contributed by atoms with E-state index in [-0.39, 0.29) is 5.91 Å². The third-order valence-corrected chi connectivity index (χ3v) is 6.10. The van der Waals surface area contributed by atoms with Gasteiger partial charge in [0.2, 0.25) is 23.2 Å². The molecule has 1 aromatic heterocycles. The van der Waals surface area contributed by atoms with Gasteiger partial charge in [-0.25, -0.2) is 0 Å². The Kier molecular flexibility index (Phi) is 6.51. The molecule has 0 aliphatic carbocycles. The number of aromatic nitrogens is 3. The number of benzene rings is 2. The SMILES string of the molecule is CCCCSc1nnc2c(n1)OC(c1ccc(C)cc1)N(C(=O)CC)c1ccccc1-2. The van der Waals surface area contributed by atoms with Gasteiger partial charge in [0, 0.05) is 23.3 Å². The number of thioether (sulfide) groups is 1. The molecule has 31 heavy (non-hydrogen) atoms. The number of nitrogens with zero attached hydrogens (tertiary/aromatic N) is 4. The van der Waals surface area contributed by atoms with Crippen LogP contribution in [0.25, 0.3) is 11.3 Å². The fraction of sp³-hybridized carbons (Fsp3) is 0.333. The lowest BCUT2D eigenvalue weighted by atomic mass is 10.1. The number of hydrogen-bond acceptors (Lipinski definition) is 6. The molecule has 160 valence electrons. The van der Waals surface area contributed by atoms with Crippen LogP contribution in [0.5, 0.6) is 5.88 Å². The summed E-state index contributed by atoms with van der Waals surface area (Å²) in [6.07, 6.45) is 1.91. The summed E-state index contributed by atoms with van der Waals surface area (Å²) in [6, 6.07) is 15.7. The van der Waals surface area contributed by atoms with Gasteiger partial charge >= 0.3 is 0 Å². The number of carbonyl (C=O) groups excluding carboxylic acids is 1. The van der Waals surface area contributed by atoms with Crippen molar-refractivity contribution in [3.63, 3.8) is 0 Å². The van der Waals surface area contributed by atoms with Crippen molar-refractivity contribution in [2.24, 2.45) is 0 Å². The summed E-state index contributed by atoms with van der Waals surface area (Å²) in [6.45, 7) is 6.05. The van der Waals surface area contributed by atoms with Crippen LogP contribution in [0.4, 0.5) is 5.69 Å². The van der Waals surface area contributed by atoms with E-state index in [9.17, 15) is 4.79 Å². The smallest absolute Gasteiger partial charge is 0.247 e. The number of rotatable bonds is 6. The van der Waals surface area contributed by atoms with Crippen molar-refractivity contribution < 1.29 is 9.53 Å². The van der Waals surface area contributed by atoms with Crippen LogP contribution < -0.4 is 9.64 Å². The summed E-state index contributed by atoms with van der Waals surface area (Å²) in [4.78, 5) is 19.5. The van der Waals surface area contributed by atoms with Crippen molar-refractivity contribution in [1.82, 2.24) is 15.2 Å². The predicted molar refractivity (Wildman–Crippen MR) is 123 cm³/mol. The average molecular weight is 435 g/mol. The van der Waals surface area contributed by atoms with Crippen LogP contribution in [0.2, 0.25) is 0 Å². The maximum atomic E-state index is 13.1. The van der Waals surface area contributed by atoms with E-state index >= 15 is 0 Å². The lowest BCUT2D eigenvalue weighted by Crippen LogP contribution is -2.37. The van der Waals surface area contributed by atoms with E-state index in [2.05, 4.69) is 22.1 Å². The molecule has 0 saturated heterocycles. The molecule has 1 atom stereocenters. The molecule has 1 aliphatic heterocycles. The number of amides is 1. The Bertz CT molecular complexity index is 1070. The number of ether oxygens (including phenoxy) is 1. The summed E-state index contributed by atoms with van der Waals surface area (Å²) in [5.74, 6) is 1.30. The molecule has 1 amide bonds. The van der Waals surface area contributed by atoms with Gasteiger partial charge in [0.05, 0.1) is 5.69 Å². The average Bonchev–Trinajstić information content (AvgIpc) is 2.93. The Hall–Kier alpha value is -2.93. The Balaban J connectivity index is 1.85. The monoisotopic (exact) mass is 434 g/mol. The van der Waals surface area contributed by atoms with E-state index in [0.717, 1.165) is 41.0 Å². The zero-order valence-corrected chi connectivity index (χ0v) is 18.9. The molecule has 4 rings (SSSR count). The van der Waals surface area contributed by atoms with Crippen LogP contribution in [0.1, 0.15) is 50.5 Å². The minimum atomic E-state index is -0.638. The molecule has 0 spiro atoms. The Morgan fingerprint density at radius 1 is 1.10 bits per heavy atom. The van der Waals surface area contributed by atoms with Crippen LogP contribution in [0.15, 0.2) is 53.7 Å². The molecule has 6 nitrogen and oxygen atoms in total. The van der Waals surface area contributed by atoms with Crippen molar-refractivity contribution in [1.29, 1.82) is 0 Å². The zero-order chi connectivity index (χ0) is 21.8. The fourth-order valence-electron chi connectivity index (χ4n) is 3.47. The quantitative estimate of drug-likeness (QED) is 0.373. The third kappa shape index (κ3) is 4.42. The number of unbranched alkanes of at least 4 members (excludes halogenated alkanes) is 1. The highest BCUT2D eigenvalue weighted by molar-refractivity contribution is 7.99. The maximum absolute atomic E-state index is 13.1. The largest absolute Gasteiger partial charge is 0.447 e. The number of hydrogen-bond donors (Lipinski definition) is 0. The number of carbonyl (C=O) groups is 1. The second kappa shape index (κ2) is 9.47. The van der Waals surface area contributed by atoms with Gasteiger partial charge < -0.3 is 4.74 Å². The summed E-state index contributed by atoms with van der Waals surface area (Å²) < 4.78 is 6.43.